The molecule has 0 radical (unpaired) electrons. The average molecular weight is 459 g/mol. The lowest BCUT2D eigenvalue weighted by atomic mass is 9.98. The molecule has 1 aliphatic rings. The number of fused-ring (bicyclic) bond motifs is 1. The lowest BCUT2D eigenvalue weighted by Gasteiger charge is -2.35. The number of aryl methyl sites for hydroxylation is 3. The van der Waals surface area contributed by atoms with Crippen molar-refractivity contribution in [3.8, 4) is 11.1 Å². The number of piperazine rings is 1. The molecule has 0 bridgehead atoms. The molecule has 0 saturated carbocycles. The number of rotatable bonds is 4. The fourth-order valence-corrected chi connectivity index (χ4v) is 5.34. The van der Waals surface area contributed by atoms with Gasteiger partial charge in [0.2, 0.25) is 5.28 Å². The van der Waals surface area contributed by atoms with Crippen LogP contribution in [-0.2, 0) is 11.2 Å². The van der Waals surface area contributed by atoms with Crippen LogP contribution in [0.15, 0.2) is 18.2 Å². The summed E-state index contributed by atoms with van der Waals surface area (Å²) in [5.41, 5.74) is 4.92. The molecule has 0 atom stereocenters. The third kappa shape index (κ3) is 4.21. The van der Waals surface area contributed by atoms with Crippen LogP contribution in [0.1, 0.15) is 29.9 Å². The van der Waals surface area contributed by atoms with E-state index in [0.29, 0.717) is 32.8 Å². The number of carbonyl (C=O) groups is 1. The Balaban J connectivity index is 1.78. The number of anilines is 1. The first-order valence-corrected chi connectivity index (χ1v) is 11.9. The highest BCUT2D eigenvalue weighted by Gasteiger charge is 2.27. The zero-order valence-corrected chi connectivity index (χ0v) is 19.9. The van der Waals surface area contributed by atoms with Gasteiger partial charge in [0.15, 0.2) is 0 Å². The monoisotopic (exact) mass is 458 g/mol. The number of hydrogen-bond donors (Lipinski definition) is 0. The van der Waals surface area contributed by atoms with E-state index >= 15 is 0 Å². The Labute approximate surface area is 191 Å². The zero-order valence-electron chi connectivity index (χ0n) is 18.4. The van der Waals surface area contributed by atoms with E-state index in [9.17, 15) is 4.79 Å². The molecule has 4 rings (SSSR count). The Kier molecular flexibility index (Phi) is 6.34. The van der Waals surface area contributed by atoms with Crippen LogP contribution >= 0.6 is 22.9 Å². The van der Waals surface area contributed by atoms with Crippen LogP contribution in [0.3, 0.4) is 0 Å². The van der Waals surface area contributed by atoms with Gasteiger partial charge in [-0.1, -0.05) is 25.1 Å². The molecule has 2 aromatic heterocycles. The first kappa shape index (κ1) is 21.8. The number of aromatic nitrogens is 2. The van der Waals surface area contributed by atoms with Gasteiger partial charge in [-0.3, -0.25) is 0 Å². The van der Waals surface area contributed by atoms with Gasteiger partial charge in [0, 0.05) is 36.6 Å². The van der Waals surface area contributed by atoms with Gasteiger partial charge in [-0.25, -0.2) is 9.78 Å². The minimum Gasteiger partial charge on any atom is -0.450 e. The summed E-state index contributed by atoms with van der Waals surface area (Å²) in [6.07, 6.45) is 0.657. The highest BCUT2D eigenvalue weighted by atomic mass is 35.5. The lowest BCUT2D eigenvalue weighted by molar-refractivity contribution is 0.105. The maximum atomic E-state index is 12.1. The van der Waals surface area contributed by atoms with E-state index in [1.807, 2.05) is 6.92 Å². The molecule has 164 valence electrons. The standard InChI is InChI=1S/C23H27ClN4O2S/c1-5-17-18(16-8-7-14(3)15(4)13-16)19-20(25-22(24)26-21(19)31-17)27-9-11-28(12-10-27)23(29)30-6-2/h7-8,13H,5-6,9-12H2,1-4H3. The number of hydrogen-bond acceptors (Lipinski definition) is 6. The number of carbonyl (C=O) groups excluding carboxylic acids is 1. The van der Waals surface area contributed by atoms with Crippen LogP contribution < -0.4 is 4.90 Å². The van der Waals surface area contributed by atoms with Gasteiger partial charge in [0.05, 0.1) is 12.0 Å². The normalized spacial score (nSPS) is 14.4. The maximum Gasteiger partial charge on any atom is 0.409 e. The summed E-state index contributed by atoms with van der Waals surface area (Å²) in [5, 5.41) is 1.31. The van der Waals surface area contributed by atoms with Crippen LogP contribution in [0.25, 0.3) is 21.3 Å². The van der Waals surface area contributed by atoms with Gasteiger partial charge < -0.3 is 14.5 Å². The van der Waals surface area contributed by atoms with E-state index < -0.39 is 0 Å². The third-order valence-corrected chi connectivity index (χ3v) is 7.20. The van der Waals surface area contributed by atoms with E-state index in [1.54, 1.807) is 16.2 Å². The van der Waals surface area contributed by atoms with Gasteiger partial charge in [0.1, 0.15) is 10.6 Å². The molecule has 1 aromatic carbocycles. The van der Waals surface area contributed by atoms with Crippen molar-refractivity contribution < 1.29 is 9.53 Å². The smallest absolute Gasteiger partial charge is 0.409 e. The number of nitrogens with zero attached hydrogens (tertiary/aromatic N) is 4. The number of halogens is 1. The Morgan fingerprint density at radius 1 is 1.13 bits per heavy atom. The molecule has 1 aliphatic heterocycles. The zero-order chi connectivity index (χ0) is 22.1. The molecule has 6 nitrogen and oxygen atoms in total. The summed E-state index contributed by atoms with van der Waals surface area (Å²) in [5.74, 6) is 0.850. The molecule has 0 aliphatic carbocycles. The molecule has 0 spiro atoms. The molecule has 1 fully saturated rings. The van der Waals surface area contributed by atoms with Crippen molar-refractivity contribution in [3.63, 3.8) is 0 Å². The predicted octanol–water partition coefficient (Wildman–Crippen LogP) is 5.47. The van der Waals surface area contributed by atoms with Crippen molar-refractivity contribution in [2.45, 2.75) is 34.1 Å². The number of ether oxygens (including phenoxy) is 1. The maximum absolute atomic E-state index is 12.1. The molecule has 3 heterocycles. The quantitative estimate of drug-likeness (QED) is 0.485. The van der Waals surface area contributed by atoms with Crippen LogP contribution in [0.4, 0.5) is 10.6 Å². The molecule has 1 amide bonds. The molecule has 0 unspecified atom stereocenters. The summed E-state index contributed by atoms with van der Waals surface area (Å²) in [7, 11) is 0. The highest BCUT2D eigenvalue weighted by Crippen LogP contribution is 2.43. The summed E-state index contributed by atoms with van der Waals surface area (Å²) in [4.78, 5) is 27.4. The second-order valence-electron chi connectivity index (χ2n) is 7.72. The summed E-state index contributed by atoms with van der Waals surface area (Å²) in [6, 6.07) is 6.59. The average Bonchev–Trinajstić information content (AvgIpc) is 3.13. The second kappa shape index (κ2) is 9.01. The molecule has 31 heavy (non-hydrogen) atoms. The fourth-order valence-electron chi connectivity index (χ4n) is 4.00. The molecule has 8 heteroatoms. The molecule has 1 saturated heterocycles. The van der Waals surface area contributed by atoms with Crippen molar-refractivity contribution in [1.82, 2.24) is 14.9 Å². The van der Waals surface area contributed by atoms with Gasteiger partial charge in [0.25, 0.3) is 0 Å². The minimum atomic E-state index is -0.257. The van der Waals surface area contributed by atoms with Crippen molar-refractivity contribution in [1.29, 1.82) is 0 Å². The summed E-state index contributed by atoms with van der Waals surface area (Å²) in [6.45, 7) is 11.2. The van der Waals surface area contributed by atoms with Gasteiger partial charge in [-0.15, -0.1) is 11.3 Å². The van der Waals surface area contributed by atoms with Crippen molar-refractivity contribution in [2.24, 2.45) is 0 Å². The third-order valence-electron chi connectivity index (χ3n) is 5.80. The Hall–Kier alpha value is -2.38. The molecule has 3 aromatic rings. The Bertz CT molecular complexity index is 1120. The largest absolute Gasteiger partial charge is 0.450 e. The SMILES string of the molecule is CCOC(=O)N1CCN(c2nc(Cl)nc3sc(CC)c(-c4ccc(C)c(C)c4)c23)CC1. The summed E-state index contributed by atoms with van der Waals surface area (Å²) < 4.78 is 5.15. The summed E-state index contributed by atoms with van der Waals surface area (Å²) >= 11 is 8.02. The van der Waals surface area contributed by atoms with Crippen molar-refractivity contribution in [3.05, 3.63) is 39.5 Å². The van der Waals surface area contributed by atoms with E-state index in [1.165, 1.54) is 27.1 Å². The van der Waals surface area contributed by atoms with E-state index in [0.717, 1.165) is 22.5 Å². The van der Waals surface area contributed by atoms with Crippen LogP contribution in [-0.4, -0.2) is 53.7 Å². The second-order valence-corrected chi connectivity index (χ2v) is 9.14. The van der Waals surface area contributed by atoms with Crippen LogP contribution in [0, 0.1) is 13.8 Å². The highest BCUT2D eigenvalue weighted by molar-refractivity contribution is 7.19. The van der Waals surface area contributed by atoms with Gasteiger partial charge in [-0.05, 0) is 55.5 Å². The van der Waals surface area contributed by atoms with Crippen LogP contribution in [0.2, 0.25) is 5.28 Å². The van der Waals surface area contributed by atoms with Crippen molar-refractivity contribution in [2.75, 3.05) is 37.7 Å². The fraction of sp³-hybridized carbons (Fsp3) is 0.435. The lowest BCUT2D eigenvalue weighted by Crippen LogP contribution is -2.49. The van der Waals surface area contributed by atoms with Crippen LogP contribution in [0.5, 0.6) is 0 Å². The van der Waals surface area contributed by atoms with Crippen molar-refractivity contribution >= 4 is 45.1 Å². The first-order valence-electron chi connectivity index (χ1n) is 10.7. The topological polar surface area (TPSA) is 58.6 Å². The minimum absolute atomic E-state index is 0.255. The van der Waals surface area contributed by atoms with E-state index in [-0.39, 0.29) is 11.4 Å². The number of thiophene rings is 1. The predicted molar refractivity (Wildman–Crippen MR) is 128 cm³/mol. The number of amides is 1. The first-order chi connectivity index (χ1) is 14.9. The molecular weight excluding hydrogens is 432 g/mol. The van der Waals surface area contributed by atoms with Gasteiger partial charge in [-0.2, -0.15) is 4.98 Å². The molecular formula is C23H27ClN4O2S. The number of benzene rings is 1. The van der Waals surface area contributed by atoms with E-state index in [2.05, 4.69) is 53.8 Å². The van der Waals surface area contributed by atoms with E-state index in [4.69, 9.17) is 16.3 Å². The Morgan fingerprint density at radius 3 is 2.52 bits per heavy atom. The Morgan fingerprint density at radius 2 is 1.87 bits per heavy atom. The molecule has 0 N–H and O–H groups in total. The van der Waals surface area contributed by atoms with Gasteiger partial charge >= 0.3 is 6.09 Å².